The normalized spacial score (nSPS) is 11.2. The Morgan fingerprint density at radius 3 is 2.48 bits per heavy atom. The van der Waals surface area contributed by atoms with Crippen molar-refractivity contribution in [2.75, 3.05) is 18.5 Å². The van der Waals surface area contributed by atoms with Gasteiger partial charge in [-0.15, -0.1) is 0 Å². The van der Waals surface area contributed by atoms with Gasteiger partial charge in [-0.3, -0.25) is 0 Å². The van der Waals surface area contributed by atoms with Crippen LogP contribution < -0.4 is 15.4 Å². The van der Waals surface area contributed by atoms with Gasteiger partial charge in [-0.05, 0) is 63.7 Å². The van der Waals surface area contributed by atoms with E-state index >= 15 is 0 Å². The molecule has 2 aromatic carbocycles. The monoisotopic (exact) mass is 472 g/mol. The second-order valence-corrected chi connectivity index (χ2v) is 8.78. The number of urea groups is 1. The van der Waals surface area contributed by atoms with Crippen LogP contribution in [0.2, 0.25) is 10.0 Å². The third-order valence-electron chi connectivity index (χ3n) is 3.84. The molecule has 0 spiro atoms. The van der Waals surface area contributed by atoms with Crippen LogP contribution in [-0.2, 0) is 5.41 Å². The Morgan fingerprint density at radius 1 is 1.11 bits per heavy atom. The number of hydrogen-bond donors (Lipinski definition) is 2. The first-order valence-electron chi connectivity index (χ1n) is 8.59. The first kappa shape index (κ1) is 21.9. The number of nitrogens with one attached hydrogen (secondary N) is 2. The molecule has 27 heavy (non-hydrogen) atoms. The number of benzene rings is 2. The SMILES string of the molecule is CC(C)(C)c1ccc(OCCCNC(=O)Nc2ccc(Cl)c(Cl)c2)c(Br)c1. The summed E-state index contributed by atoms with van der Waals surface area (Å²) in [5.74, 6) is 0.795. The van der Waals surface area contributed by atoms with E-state index in [2.05, 4.69) is 59.5 Å². The molecule has 146 valence electrons. The van der Waals surface area contributed by atoms with Crippen molar-refractivity contribution in [3.05, 3.63) is 56.5 Å². The highest BCUT2D eigenvalue weighted by molar-refractivity contribution is 9.10. The van der Waals surface area contributed by atoms with Crippen molar-refractivity contribution in [3.63, 3.8) is 0 Å². The van der Waals surface area contributed by atoms with Gasteiger partial charge in [-0.2, -0.15) is 0 Å². The van der Waals surface area contributed by atoms with E-state index in [4.69, 9.17) is 27.9 Å². The quantitative estimate of drug-likeness (QED) is 0.461. The van der Waals surface area contributed by atoms with Gasteiger partial charge in [-0.1, -0.05) is 50.0 Å². The maximum atomic E-state index is 11.9. The predicted octanol–water partition coefficient (Wildman–Crippen LogP) is 6.64. The van der Waals surface area contributed by atoms with Gasteiger partial charge < -0.3 is 15.4 Å². The molecule has 2 N–H and O–H groups in total. The molecule has 0 aromatic heterocycles. The van der Waals surface area contributed by atoms with Crippen molar-refractivity contribution in [3.8, 4) is 5.75 Å². The molecule has 0 bridgehead atoms. The van der Waals surface area contributed by atoms with Gasteiger partial charge in [0.1, 0.15) is 5.75 Å². The molecule has 0 aliphatic heterocycles. The van der Waals surface area contributed by atoms with Crippen LogP contribution in [0.1, 0.15) is 32.8 Å². The van der Waals surface area contributed by atoms with Crippen molar-refractivity contribution in [1.82, 2.24) is 5.32 Å². The lowest BCUT2D eigenvalue weighted by Crippen LogP contribution is -2.30. The minimum absolute atomic E-state index is 0.0899. The maximum absolute atomic E-state index is 11.9. The molecule has 4 nitrogen and oxygen atoms in total. The fraction of sp³-hybridized carbons (Fsp3) is 0.350. The number of halogens is 3. The van der Waals surface area contributed by atoms with Crippen LogP contribution in [0.5, 0.6) is 5.75 Å². The molecule has 0 saturated heterocycles. The summed E-state index contributed by atoms with van der Waals surface area (Å²) in [5, 5.41) is 6.32. The predicted molar refractivity (Wildman–Crippen MR) is 116 cm³/mol. The van der Waals surface area contributed by atoms with Crippen molar-refractivity contribution in [1.29, 1.82) is 0 Å². The zero-order valence-corrected chi connectivity index (χ0v) is 18.6. The number of anilines is 1. The average Bonchev–Trinajstić information content (AvgIpc) is 2.58. The van der Waals surface area contributed by atoms with E-state index in [1.54, 1.807) is 18.2 Å². The van der Waals surface area contributed by atoms with E-state index in [0.717, 1.165) is 10.2 Å². The number of carbonyl (C=O) groups excluding carboxylic acids is 1. The van der Waals surface area contributed by atoms with Crippen molar-refractivity contribution < 1.29 is 9.53 Å². The van der Waals surface area contributed by atoms with Crippen molar-refractivity contribution >= 4 is 50.9 Å². The van der Waals surface area contributed by atoms with Gasteiger partial charge in [-0.25, -0.2) is 4.79 Å². The van der Waals surface area contributed by atoms with Gasteiger partial charge >= 0.3 is 6.03 Å². The largest absolute Gasteiger partial charge is 0.492 e. The van der Waals surface area contributed by atoms with Crippen LogP contribution in [-0.4, -0.2) is 19.2 Å². The lowest BCUT2D eigenvalue weighted by molar-refractivity contribution is 0.250. The van der Waals surface area contributed by atoms with Gasteiger partial charge in [0, 0.05) is 12.2 Å². The average molecular weight is 474 g/mol. The molecule has 2 rings (SSSR count). The zero-order valence-electron chi connectivity index (χ0n) is 15.5. The Kier molecular flexibility index (Phi) is 7.83. The van der Waals surface area contributed by atoms with Gasteiger partial charge in [0.05, 0.1) is 21.1 Å². The summed E-state index contributed by atoms with van der Waals surface area (Å²) < 4.78 is 6.71. The maximum Gasteiger partial charge on any atom is 0.319 e. The lowest BCUT2D eigenvalue weighted by atomic mass is 9.87. The molecule has 0 aliphatic rings. The summed E-state index contributed by atoms with van der Waals surface area (Å²) in [6.45, 7) is 7.50. The summed E-state index contributed by atoms with van der Waals surface area (Å²) in [6.07, 6.45) is 0.683. The number of amides is 2. The first-order chi connectivity index (χ1) is 12.7. The van der Waals surface area contributed by atoms with Crippen LogP contribution in [0, 0.1) is 0 Å². The minimum atomic E-state index is -0.302. The second-order valence-electron chi connectivity index (χ2n) is 7.11. The smallest absolute Gasteiger partial charge is 0.319 e. The summed E-state index contributed by atoms with van der Waals surface area (Å²) in [7, 11) is 0. The highest BCUT2D eigenvalue weighted by Crippen LogP contribution is 2.31. The lowest BCUT2D eigenvalue weighted by Gasteiger charge is -2.20. The Bertz CT molecular complexity index is 807. The van der Waals surface area contributed by atoms with Gasteiger partial charge in [0.15, 0.2) is 0 Å². The molecule has 7 heteroatoms. The molecular weight excluding hydrogens is 451 g/mol. The second kappa shape index (κ2) is 9.67. The van der Waals surface area contributed by atoms with Crippen LogP contribution >= 0.6 is 39.1 Å². The molecule has 0 atom stereocenters. The number of carbonyl (C=O) groups is 1. The molecule has 0 heterocycles. The van der Waals surface area contributed by atoms with E-state index in [-0.39, 0.29) is 11.4 Å². The van der Waals surface area contributed by atoms with E-state index in [1.165, 1.54) is 5.56 Å². The highest BCUT2D eigenvalue weighted by Gasteiger charge is 2.15. The molecule has 0 radical (unpaired) electrons. The number of rotatable bonds is 6. The third kappa shape index (κ3) is 6.91. The summed E-state index contributed by atoms with van der Waals surface area (Å²) >= 11 is 15.3. The van der Waals surface area contributed by atoms with E-state index in [0.29, 0.717) is 35.3 Å². The Morgan fingerprint density at radius 2 is 1.85 bits per heavy atom. The molecule has 0 unspecified atom stereocenters. The Hall–Kier alpha value is -1.43. The topological polar surface area (TPSA) is 50.4 Å². The number of ether oxygens (including phenoxy) is 1. The molecule has 0 fully saturated rings. The Balaban J connectivity index is 1.72. The van der Waals surface area contributed by atoms with Gasteiger partial charge in [0.2, 0.25) is 0 Å². The van der Waals surface area contributed by atoms with E-state index in [9.17, 15) is 4.79 Å². The summed E-state index contributed by atoms with van der Waals surface area (Å²) in [6, 6.07) is 10.7. The van der Waals surface area contributed by atoms with E-state index < -0.39 is 0 Å². The van der Waals surface area contributed by atoms with Crippen LogP contribution in [0.15, 0.2) is 40.9 Å². The molecule has 2 amide bonds. The highest BCUT2D eigenvalue weighted by atomic mass is 79.9. The van der Waals surface area contributed by atoms with Crippen molar-refractivity contribution in [2.45, 2.75) is 32.6 Å². The zero-order chi connectivity index (χ0) is 20.0. The molecule has 0 saturated carbocycles. The summed E-state index contributed by atoms with van der Waals surface area (Å²) in [4.78, 5) is 11.9. The minimum Gasteiger partial charge on any atom is -0.492 e. The van der Waals surface area contributed by atoms with Crippen LogP contribution in [0.3, 0.4) is 0 Å². The Labute approximate surface area is 178 Å². The molecule has 0 aliphatic carbocycles. The summed E-state index contributed by atoms with van der Waals surface area (Å²) in [5.41, 5.74) is 1.91. The van der Waals surface area contributed by atoms with E-state index in [1.807, 2.05) is 6.07 Å². The first-order valence-corrected chi connectivity index (χ1v) is 10.1. The fourth-order valence-electron chi connectivity index (χ4n) is 2.29. The standard InChI is InChI=1S/C20H23BrCl2N2O2/c1-20(2,3)13-5-8-18(15(21)11-13)27-10-4-9-24-19(26)25-14-6-7-16(22)17(23)12-14/h5-8,11-12H,4,9-10H2,1-3H3,(H2,24,25,26). The van der Waals surface area contributed by atoms with Gasteiger partial charge in [0.25, 0.3) is 0 Å². The number of hydrogen-bond acceptors (Lipinski definition) is 2. The van der Waals surface area contributed by atoms with Crippen LogP contribution in [0.4, 0.5) is 10.5 Å². The van der Waals surface area contributed by atoms with Crippen molar-refractivity contribution in [2.24, 2.45) is 0 Å². The molecule has 2 aromatic rings. The fourth-order valence-corrected chi connectivity index (χ4v) is 3.08. The van der Waals surface area contributed by atoms with Crippen LogP contribution in [0.25, 0.3) is 0 Å². The third-order valence-corrected chi connectivity index (χ3v) is 5.20. The molecular formula is C20H23BrCl2N2O2.